The van der Waals surface area contributed by atoms with E-state index < -0.39 is 5.97 Å². The number of aliphatic carboxylic acids is 1. The van der Waals surface area contributed by atoms with Gasteiger partial charge in [0, 0.05) is 17.9 Å². The van der Waals surface area contributed by atoms with E-state index >= 15 is 0 Å². The van der Waals surface area contributed by atoms with E-state index in [-0.39, 0.29) is 12.0 Å². The van der Waals surface area contributed by atoms with Crippen LogP contribution in [0.2, 0.25) is 0 Å². The second-order valence-corrected chi connectivity index (χ2v) is 9.93. The van der Waals surface area contributed by atoms with Crippen LogP contribution in [0.1, 0.15) is 50.6 Å². The van der Waals surface area contributed by atoms with Crippen LogP contribution in [-0.2, 0) is 22.5 Å². The second-order valence-electron chi connectivity index (χ2n) is 9.93. The molecule has 1 aromatic heterocycles. The minimum Gasteiger partial charge on any atom is -0.497 e. The molecule has 1 aromatic carbocycles. The lowest BCUT2D eigenvalue weighted by Gasteiger charge is -2.56. The van der Waals surface area contributed by atoms with Crippen molar-refractivity contribution in [2.75, 3.05) is 13.7 Å². The normalized spacial score (nSPS) is 28.7. The van der Waals surface area contributed by atoms with E-state index in [9.17, 15) is 9.90 Å². The summed E-state index contributed by atoms with van der Waals surface area (Å²) in [4.78, 5) is 11.2. The summed E-state index contributed by atoms with van der Waals surface area (Å²) in [5.41, 5.74) is 3.38. The molecule has 1 heterocycles. The van der Waals surface area contributed by atoms with Gasteiger partial charge >= 0.3 is 5.97 Å². The second kappa shape index (κ2) is 8.34. The Morgan fingerprint density at radius 2 is 1.68 bits per heavy atom. The summed E-state index contributed by atoms with van der Waals surface area (Å²) < 4.78 is 14.2. The summed E-state index contributed by atoms with van der Waals surface area (Å²) in [6, 6.07) is 12.2. The van der Waals surface area contributed by atoms with Crippen LogP contribution in [0, 0.1) is 17.8 Å². The zero-order valence-electron chi connectivity index (χ0n) is 18.4. The zero-order chi connectivity index (χ0) is 21.4. The van der Waals surface area contributed by atoms with Gasteiger partial charge < -0.3 is 19.1 Å². The summed E-state index contributed by atoms with van der Waals surface area (Å²) in [5.74, 6) is 2.69. The van der Waals surface area contributed by atoms with E-state index in [2.05, 4.69) is 28.8 Å². The predicted octanol–water partition coefficient (Wildman–Crippen LogP) is 5.17. The molecular formula is C26H33NO4. The van der Waals surface area contributed by atoms with Crippen LogP contribution in [0.25, 0.3) is 11.3 Å². The van der Waals surface area contributed by atoms with E-state index in [1.54, 1.807) is 7.11 Å². The minimum absolute atomic E-state index is 0.101. The molecule has 0 saturated heterocycles. The van der Waals surface area contributed by atoms with Crippen LogP contribution in [0.5, 0.6) is 5.75 Å². The molecule has 0 spiro atoms. The average Bonchev–Trinajstić information content (AvgIpc) is 3.14. The molecule has 5 heteroatoms. The highest BCUT2D eigenvalue weighted by Crippen LogP contribution is 2.57. The fourth-order valence-electron chi connectivity index (χ4n) is 6.80. The Balaban J connectivity index is 1.32. The Labute approximate surface area is 184 Å². The maximum absolute atomic E-state index is 11.2. The minimum atomic E-state index is -0.761. The summed E-state index contributed by atoms with van der Waals surface area (Å²) in [6.45, 7) is 1.44. The smallest absolute Gasteiger partial charge is 0.303 e. The van der Waals surface area contributed by atoms with Crippen LogP contribution in [0.4, 0.5) is 0 Å². The Morgan fingerprint density at radius 3 is 2.26 bits per heavy atom. The number of hydrogen-bond donors (Lipinski definition) is 1. The molecule has 4 bridgehead atoms. The van der Waals surface area contributed by atoms with Crippen molar-refractivity contribution in [1.29, 1.82) is 0 Å². The Hall–Kier alpha value is -2.27. The highest BCUT2D eigenvalue weighted by atomic mass is 16.5. The van der Waals surface area contributed by atoms with Crippen molar-refractivity contribution in [2.45, 2.75) is 63.5 Å². The largest absolute Gasteiger partial charge is 0.497 e. The van der Waals surface area contributed by atoms with Gasteiger partial charge in [-0.3, -0.25) is 4.79 Å². The van der Waals surface area contributed by atoms with E-state index in [0.717, 1.165) is 47.0 Å². The van der Waals surface area contributed by atoms with E-state index in [1.165, 1.54) is 38.5 Å². The number of carboxylic acid groups (broad SMARTS) is 1. The standard InChI is InChI=1S/C26H33NO4/c1-30-23-6-2-21(3-7-23)24-8-4-22(5-9-25(28)29)27(24)10-11-31-26-15-18-12-19(16-26)14-20(13-18)17-26/h2-4,6-8,18-20H,5,9-17H2,1H3,(H,28,29). The molecule has 0 atom stereocenters. The van der Waals surface area contributed by atoms with Gasteiger partial charge in [-0.15, -0.1) is 0 Å². The third-order valence-corrected chi connectivity index (χ3v) is 7.76. The number of ether oxygens (including phenoxy) is 2. The SMILES string of the molecule is COc1ccc(-c2ccc(CCC(=O)O)n2CCOC23CC4CC(CC(C4)C2)C3)cc1. The van der Waals surface area contributed by atoms with Crippen molar-refractivity contribution in [3.05, 3.63) is 42.1 Å². The molecular weight excluding hydrogens is 390 g/mol. The predicted molar refractivity (Wildman–Crippen MR) is 119 cm³/mol. The van der Waals surface area contributed by atoms with Crippen LogP contribution >= 0.6 is 0 Å². The topological polar surface area (TPSA) is 60.7 Å². The molecule has 4 fully saturated rings. The summed E-state index contributed by atoms with van der Waals surface area (Å²) in [6.07, 6.45) is 8.64. The number of hydrogen-bond acceptors (Lipinski definition) is 3. The third-order valence-electron chi connectivity index (χ3n) is 7.76. The highest BCUT2D eigenvalue weighted by molar-refractivity contribution is 5.67. The van der Waals surface area contributed by atoms with Crippen molar-refractivity contribution < 1.29 is 19.4 Å². The molecule has 31 heavy (non-hydrogen) atoms. The van der Waals surface area contributed by atoms with Gasteiger partial charge in [0.15, 0.2) is 0 Å². The number of benzene rings is 1. The number of carboxylic acids is 1. The van der Waals surface area contributed by atoms with Crippen LogP contribution in [0.15, 0.2) is 36.4 Å². The molecule has 4 aliphatic carbocycles. The van der Waals surface area contributed by atoms with Gasteiger partial charge in [-0.2, -0.15) is 0 Å². The number of nitrogens with zero attached hydrogens (tertiary/aromatic N) is 1. The Kier molecular flexibility index (Phi) is 5.55. The lowest BCUT2D eigenvalue weighted by Crippen LogP contribution is -2.52. The summed E-state index contributed by atoms with van der Waals surface area (Å²) >= 11 is 0. The third kappa shape index (κ3) is 4.25. The van der Waals surface area contributed by atoms with Crippen molar-refractivity contribution in [2.24, 2.45) is 17.8 Å². The van der Waals surface area contributed by atoms with E-state index in [4.69, 9.17) is 9.47 Å². The van der Waals surface area contributed by atoms with Crippen molar-refractivity contribution in [3.8, 4) is 17.0 Å². The van der Waals surface area contributed by atoms with Crippen molar-refractivity contribution in [3.63, 3.8) is 0 Å². The first kappa shape index (κ1) is 20.6. The Bertz CT molecular complexity index is 894. The van der Waals surface area contributed by atoms with Crippen LogP contribution in [0.3, 0.4) is 0 Å². The first-order valence-electron chi connectivity index (χ1n) is 11.7. The van der Waals surface area contributed by atoms with Gasteiger partial charge in [0.25, 0.3) is 0 Å². The fourth-order valence-corrected chi connectivity index (χ4v) is 6.80. The first-order valence-corrected chi connectivity index (χ1v) is 11.7. The van der Waals surface area contributed by atoms with Gasteiger partial charge in [0.2, 0.25) is 0 Å². The molecule has 0 unspecified atom stereocenters. The van der Waals surface area contributed by atoms with Gasteiger partial charge in [-0.1, -0.05) is 0 Å². The summed E-state index contributed by atoms with van der Waals surface area (Å²) in [7, 11) is 1.67. The summed E-state index contributed by atoms with van der Waals surface area (Å²) in [5, 5.41) is 9.17. The van der Waals surface area contributed by atoms with Crippen LogP contribution < -0.4 is 4.74 Å². The molecule has 0 amide bonds. The number of aryl methyl sites for hydroxylation is 1. The monoisotopic (exact) mass is 423 g/mol. The Morgan fingerprint density at radius 1 is 1.03 bits per heavy atom. The zero-order valence-corrected chi connectivity index (χ0v) is 18.4. The fraction of sp³-hybridized carbons (Fsp3) is 0.577. The number of rotatable bonds is 9. The van der Waals surface area contributed by atoms with Gasteiger partial charge in [-0.25, -0.2) is 0 Å². The number of methoxy groups -OCH3 is 1. The number of aromatic nitrogens is 1. The quantitative estimate of drug-likeness (QED) is 0.605. The maximum atomic E-state index is 11.2. The molecule has 166 valence electrons. The molecule has 4 saturated carbocycles. The molecule has 5 nitrogen and oxygen atoms in total. The lowest BCUT2D eigenvalue weighted by molar-refractivity contribution is -0.163. The van der Waals surface area contributed by atoms with Gasteiger partial charge in [-0.05, 0) is 105 Å². The maximum Gasteiger partial charge on any atom is 0.303 e. The average molecular weight is 424 g/mol. The molecule has 0 radical (unpaired) electrons. The molecule has 6 rings (SSSR count). The van der Waals surface area contributed by atoms with Crippen molar-refractivity contribution in [1.82, 2.24) is 4.57 Å². The van der Waals surface area contributed by atoms with E-state index in [1.807, 2.05) is 12.1 Å². The highest BCUT2D eigenvalue weighted by Gasteiger charge is 2.51. The molecule has 4 aliphatic rings. The molecule has 1 N–H and O–H groups in total. The number of carbonyl (C=O) groups is 1. The van der Waals surface area contributed by atoms with Crippen LogP contribution in [-0.4, -0.2) is 35.0 Å². The van der Waals surface area contributed by atoms with Crippen molar-refractivity contribution >= 4 is 5.97 Å². The lowest BCUT2D eigenvalue weighted by atomic mass is 9.54. The molecule has 2 aromatic rings. The van der Waals surface area contributed by atoms with Gasteiger partial charge in [0.05, 0.1) is 25.7 Å². The molecule has 0 aliphatic heterocycles. The first-order chi connectivity index (χ1) is 15.0. The van der Waals surface area contributed by atoms with E-state index in [0.29, 0.717) is 13.0 Å². The van der Waals surface area contributed by atoms with Gasteiger partial charge in [0.1, 0.15) is 5.75 Å².